The van der Waals surface area contributed by atoms with Crippen molar-refractivity contribution in [3.63, 3.8) is 0 Å². The van der Waals surface area contributed by atoms with Gasteiger partial charge in [0, 0.05) is 12.2 Å². The first-order chi connectivity index (χ1) is 13.4. The van der Waals surface area contributed by atoms with Gasteiger partial charge in [-0.15, -0.1) is 0 Å². The third-order valence-corrected chi connectivity index (χ3v) is 4.08. The van der Waals surface area contributed by atoms with Gasteiger partial charge in [0.15, 0.2) is 0 Å². The fourth-order valence-corrected chi connectivity index (χ4v) is 2.20. The van der Waals surface area contributed by atoms with Crippen LogP contribution in [0, 0.1) is 0 Å². The summed E-state index contributed by atoms with van der Waals surface area (Å²) < 4.78 is 0. The number of amides is 3. The third kappa shape index (κ3) is 9.56. The Hall–Kier alpha value is -2.42. The highest BCUT2D eigenvalue weighted by atomic mass is 32.1. The van der Waals surface area contributed by atoms with Crippen LogP contribution < -0.4 is 21.7 Å². The highest BCUT2D eigenvalue weighted by Gasteiger charge is 2.30. The minimum absolute atomic E-state index is 0.217. The Morgan fingerprint density at radius 2 is 1.41 bits per heavy atom. The molecule has 9 N–H and O–H groups in total. The van der Waals surface area contributed by atoms with Crippen molar-refractivity contribution in [2.24, 2.45) is 5.73 Å². The summed E-state index contributed by atoms with van der Waals surface area (Å²) in [5.41, 5.74) is 5.46. The molecule has 29 heavy (non-hydrogen) atoms. The molecule has 0 aliphatic rings. The molecular formula is C15H26N4O9S. The van der Waals surface area contributed by atoms with Crippen LogP contribution >= 0.6 is 12.6 Å². The van der Waals surface area contributed by atoms with E-state index < -0.39 is 73.0 Å². The lowest BCUT2D eigenvalue weighted by Gasteiger charge is -2.24. The summed E-state index contributed by atoms with van der Waals surface area (Å²) in [6, 6.07) is -5.71. The van der Waals surface area contributed by atoms with Crippen LogP contribution in [0.25, 0.3) is 0 Å². The molecule has 0 aliphatic heterocycles. The van der Waals surface area contributed by atoms with Gasteiger partial charge in [-0.2, -0.15) is 12.6 Å². The number of thiol groups is 1. The Morgan fingerprint density at radius 1 is 0.931 bits per heavy atom. The number of aliphatic hydroxyl groups is 2. The molecular weight excluding hydrogens is 412 g/mol. The topological polar surface area (TPSA) is 228 Å². The number of aliphatic carboxylic acids is 2. The van der Waals surface area contributed by atoms with Gasteiger partial charge in [0.05, 0.1) is 12.7 Å². The maximum Gasteiger partial charge on any atom is 0.328 e. The third-order valence-electron chi connectivity index (χ3n) is 3.72. The van der Waals surface area contributed by atoms with Crippen molar-refractivity contribution in [2.45, 2.75) is 50.0 Å². The van der Waals surface area contributed by atoms with Gasteiger partial charge in [-0.25, -0.2) is 4.79 Å². The van der Waals surface area contributed by atoms with Crippen molar-refractivity contribution in [3.8, 4) is 0 Å². The van der Waals surface area contributed by atoms with E-state index >= 15 is 0 Å². The minimum atomic E-state index is -1.66. The van der Waals surface area contributed by atoms with Crippen LogP contribution in [-0.4, -0.2) is 92.7 Å². The second-order valence-electron chi connectivity index (χ2n) is 6.09. The largest absolute Gasteiger partial charge is 0.481 e. The summed E-state index contributed by atoms with van der Waals surface area (Å²) in [6.07, 6.45) is -2.11. The average Bonchev–Trinajstić information content (AvgIpc) is 2.65. The van der Waals surface area contributed by atoms with E-state index in [2.05, 4.69) is 23.3 Å². The molecule has 0 radical (unpaired) electrons. The van der Waals surface area contributed by atoms with Crippen molar-refractivity contribution >= 4 is 42.3 Å². The minimum Gasteiger partial charge on any atom is -0.481 e. The second kappa shape index (κ2) is 12.9. The summed E-state index contributed by atoms with van der Waals surface area (Å²) in [5.74, 6) is -5.82. The molecule has 13 nitrogen and oxygen atoms in total. The average molecular weight is 438 g/mol. The van der Waals surface area contributed by atoms with Crippen LogP contribution in [0.1, 0.15) is 19.8 Å². The zero-order valence-electron chi connectivity index (χ0n) is 15.6. The van der Waals surface area contributed by atoms with Crippen molar-refractivity contribution in [3.05, 3.63) is 0 Å². The van der Waals surface area contributed by atoms with Gasteiger partial charge in [0.25, 0.3) is 0 Å². The Morgan fingerprint density at radius 3 is 1.83 bits per heavy atom. The molecule has 0 fully saturated rings. The molecule has 0 aliphatic carbocycles. The zero-order chi connectivity index (χ0) is 22.7. The number of carbonyl (C=O) groups is 5. The first-order valence-electron chi connectivity index (χ1n) is 8.45. The Bertz CT molecular complexity index is 617. The molecule has 14 heteroatoms. The van der Waals surface area contributed by atoms with Crippen LogP contribution in [0.15, 0.2) is 0 Å². The quantitative estimate of drug-likeness (QED) is 0.127. The molecule has 0 heterocycles. The van der Waals surface area contributed by atoms with Crippen molar-refractivity contribution in [2.75, 3.05) is 12.4 Å². The van der Waals surface area contributed by atoms with Gasteiger partial charge in [0.2, 0.25) is 17.7 Å². The molecule has 0 aromatic heterocycles. The van der Waals surface area contributed by atoms with Crippen LogP contribution in [0.5, 0.6) is 0 Å². The van der Waals surface area contributed by atoms with Crippen LogP contribution in [0.3, 0.4) is 0 Å². The summed E-state index contributed by atoms with van der Waals surface area (Å²) in [7, 11) is 0. The fraction of sp³-hybridized carbons (Fsp3) is 0.667. The van der Waals surface area contributed by atoms with Gasteiger partial charge < -0.3 is 42.1 Å². The number of hydrogen-bond acceptors (Lipinski definition) is 9. The maximum absolute atomic E-state index is 12.4. The lowest BCUT2D eigenvalue weighted by molar-refractivity contribution is -0.144. The van der Waals surface area contributed by atoms with E-state index in [0.29, 0.717) is 0 Å². The van der Waals surface area contributed by atoms with Gasteiger partial charge >= 0.3 is 11.9 Å². The van der Waals surface area contributed by atoms with Gasteiger partial charge in [-0.05, 0) is 13.3 Å². The van der Waals surface area contributed by atoms with Crippen LogP contribution in [0.4, 0.5) is 0 Å². The normalized spacial score (nSPS) is 15.9. The van der Waals surface area contributed by atoms with Gasteiger partial charge in [-0.1, -0.05) is 0 Å². The predicted molar refractivity (Wildman–Crippen MR) is 101 cm³/mol. The number of nitrogens with two attached hydrogens (primary N) is 1. The molecule has 0 aromatic carbocycles. The SMILES string of the molecule is CC(O)C(N)C(=O)NC(CS)C(=O)NC(CCC(=O)O)C(=O)NC(CO)C(=O)O. The summed E-state index contributed by atoms with van der Waals surface area (Å²) in [4.78, 5) is 58.2. The van der Waals surface area contributed by atoms with E-state index in [1.54, 1.807) is 0 Å². The number of rotatable bonds is 13. The number of carbonyl (C=O) groups excluding carboxylic acids is 3. The Balaban J connectivity index is 5.24. The number of carboxylic acids is 2. The first-order valence-corrected chi connectivity index (χ1v) is 9.08. The molecule has 0 bridgehead atoms. The van der Waals surface area contributed by atoms with E-state index in [9.17, 15) is 29.1 Å². The molecule has 0 aromatic rings. The number of hydrogen-bond donors (Lipinski definition) is 9. The van der Waals surface area contributed by atoms with Gasteiger partial charge in [-0.3, -0.25) is 19.2 Å². The molecule has 5 unspecified atom stereocenters. The number of nitrogens with one attached hydrogen (secondary N) is 3. The highest BCUT2D eigenvalue weighted by Crippen LogP contribution is 2.02. The molecule has 5 atom stereocenters. The number of aliphatic hydroxyl groups excluding tert-OH is 2. The van der Waals surface area contributed by atoms with E-state index in [1.165, 1.54) is 6.92 Å². The van der Waals surface area contributed by atoms with Crippen molar-refractivity contribution in [1.82, 2.24) is 16.0 Å². The summed E-state index contributed by atoms with van der Waals surface area (Å²) in [5, 5.41) is 42.4. The monoisotopic (exact) mass is 438 g/mol. The lowest BCUT2D eigenvalue weighted by Crippen LogP contribution is -2.58. The highest BCUT2D eigenvalue weighted by molar-refractivity contribution is 7.80. The van der Waals surface area contributed by atoms with Crippen molar-refractivity contribution < 1.29 is 44.4 Å². The lowest BCUT2D eigenvalue weighted by atomic mass is 10.1. The molecule has 166 valence electrons. The molecule has 0 spiro atoms. The van der Waals surface area contributed by atoms with E-state index in [0.717, 1.165) is 0 Å². The van der Waals surface area contributed by atoms with Crippen LogP contribution in [-0.2, 0) is 24.0 Å². The van der Waals surface area contributed by atoms with E-state index in [4.69, 9.17) is 21.1 Å². The molecule has 0 rings (SSSR count). The summed E-state index contributed by atoms with van der Waals surface area (Å²) in [6.45, 7) is 0.347. The van der Waals surface area contributed by atoms with Crippen LogP contribution in [0.2, 0.25) is 0 Å². The van der Waals surface area contributed by atoms with E-state index in [1.807, 2.05) is 5.32 Å². The first kappa shape index (κ1) is 26.6. The maximum atomic E-state index is 12.4. The standard InChI is InChI=1S/C15H26N4O9S/c1-6(21)11(16)14(26)19-9(5-29)13(25)17-7(2-3-10(22)23)12(24)18-8(4-20)15(27)28/h6-9,11,20-21,29H,2-5,16H2,1H3,(H,17,25)(H,18,24)(H,19,26)(H,22,23)(H,27,28). The second-order valence-corrected chi connectivity index (χ2v) is 6.45. The molecule has 3 amide bonds. The smallest absolute Gasteiger partial charge is 0.328 e. The van der Waals surface area contributed by atoms with Gasteiger partial charge in [0.1, 0.15) is 24.2 Å². The Labute approximate surface area is 171 Å². The fourth-order valence-electron chi connectivity index (χ4n) is 1.95. The molecule has 0 saturated heterocycles. The predicted octanol–water partition coefficient (Wildman–Crippen LogP) is -3.98. The van der Waals surface area contributed by atoms with E-state index in [-0.39, 0.29) is 12.2 Å². The Kier molecular flexibility index (Phi) is 11.8. The zero-order valence-corrected chi connectivity index (χ0v) is 16.5. The molecule has 0 saturated carbocycles. The summed E-state index contributed by atoms with van der Waals surface area (Å²) >= 11 is 3.92. The van der Waals surface area contributed by atoms with Crippen molar-refractivity contribution in [1.29, 1.82) is 0 Å². The number of carboxylic acid groups (broad SMARTS) is 2.